The molecule has 2 aromatic carbocycles. The van der Waals surface area contributed by atoms with Crippen LogP contribution in [0, 0.1) is 12.7 Å². The lowest BCUT2D eigenvalue weighted by molar-refractivity contribution is -0.192. The Bertz CT molecular complexity index is 1020. The van der Waals surface area contributed by atoms with Crippen LogP contribution in [-0.4, -0.2) is 36.2 Å². The lowest BCUT2D eigenvalue weighted by atomic mass is 9.90. The number of hydrogen-bond acceptors (Lipinski definition) is 3. The molecule has 4 rings (SSSR count). The average molecular weight is 452 g/mol. The zero-order chi connectivity index (χ0) is 23.7. The molecule has 0 radical (unpaired) electrons. The maximum atomic E-state index is 13.8. The summed E-state index contributed by atoms with van der Waals surface area (Å²) in [7, 11) is 0. The number of nitrogens with two attached hydrogens (primary N) is 1. The predicted molar refractivity (Wildman–Crippen MR) is 111 cm³/mol. The number of para-hydroxylation sites is 1. The number of carboxylic acids is 1. The number of benzene rings is 2. The van der Waals surface area contributed by atoms with Gasteiger partial charge in [0.25, 0.3) is 0 Å². The maximum absolute atomic E-state index is 13.8. The minimum atomic E-state index is -5.08. The third-order valence-electron chi connectivity index (χ3n) is 5.95. The molecular formula is C23H24F4N2O3. The molecule has 2 aliphatic rings. The normalized spacial score (nSPS) is 18.4. The number of nitrogens with zero attached hydrogens (tertiary/aromatic N) is 1. The van der Waals surface area contributed by atoms with Crippen LogP contribution in [0.15, 0.2) is 42.5 Å². The van der Waals surface area contributed by atoms with Crippen LogP contribution < -0.4 is 10.6 Å². The summed E-state index contributed by atoms with van der Waals surface area (Å²) in [6, 6.07) is 12.9. The minimum absolute atomic E-state index is 0.105. The number of aryl methyl sites for hydroxylation is 1. The Morgan fingerprint density at radius 1 is 1.19 bits per heavy atom. The second kappa shape index (κ2) is 8.90. The first-order valence-electron chi connectivity index (χ1n) is 10.2. The zero-order valence-corrected chi connectivity index (χ0v) is 17.5. The van der Waals surface area contributed by atoms with Gasteiger partial charge in [-0.15, -0.1) is 0 Å². The molecule has 3 N–H and O–H groups in total. The van der Waals surface area contributed by atoms with E-state index in [1.54, 1.807) is 12.1 Å². The van der Waals surface area contributed by atoms with Crippen LogP contribution in [0.1, 0.15) is 41.9 Å². The van der Waals surface area contributed by atoms with Gasteiger partial charge in [0.05, 0.1) is 5.41 Å². The molecule has 2 aromatic rings. The van der Waals surface area contributed by atoms with E-state index in [9.17, 15) is 22.4 Å². The van der Waals surface area contributed by atoms with E-state index in [-0.39, 0.29) is 17.6 Å². The van der Waals surface area contributed by atoms with E-state index < -0.39 is 17.6 Å². The number of rotatable bonds is 4. The second-order valence-electron chi connectivity index (χ2n) is 8.09. The Morgan fingerprint density at radius 3 is 2.38 bits per heavy atom. The van der Waals surface area contributed by atoms with Crippen LogP contribution in [0.5, 0.6) is 0 Å². The molecule has 172 valence electrons. The molecule has 1 saturated carbocycles. The molecule has 1 fully saturated rings. The number of carbonyl (C=O) groups excluding carboxylic acids is 1. The smallest absolute Gasteiger partial charge is 0.475 e. The topological polar surface area (TPSA) is 83.6 Å². The fourth-order valence-electron chi connectivity index (χ4n) is 4.23. The van der Waals surface area contributed by atoms with Crippen molar-refractivity contribution < 1.29 is 32.3 Å². The van der Waals surface area contributed by atoms with E-state index >= 15 is 0 Å². The number of aliphatic carboxylic acids is 1. The van der Waals surface area contributed by atoms with Crippen LogP contribution in [0.25, 0.3) is 0 Å². The van der Waals surface area contributed by atoms with Gasteiger partial charge in [0.15, 0.2) is 0 Å². The molecule has 1 unspecified atom stereocenters. The third-order valence-corrected chi connectivity index (χ3v) is 5.95. The first kappa shape index (κ1) is 23.7. The van der Waals surface area contributed by atoms with Gasteiger partial charge < -0.3 is 15.7 Å². The number of carboxylic acid groups (broad SMARTS) is 1. The summed E-state index contributed by atoms with van der Waals surface area (Å²) in [5, 5.41) is 7.12. The van der Waals surface area contributed by atoms with Crippen LogP contribution in [-0.2, 0) is 15.0 Å². The number of hydrogen-bond donors (Lipinski definition) is 2. The van der Waals surface area contributed by atoms with Crippen molar-refractivity contribution in [3.63, 3.8) is 0 Å². The van der Waals surface area contributed by atoms with E-state index in [0.717, 1.165) is 36.1 Å². The first-order valence-corrected chi connectivity index (χ1v) is 10.2. The Morgan fingerprint density at radius 2 is 1.81 bits per heavy atom. The van der Waals surface area contributed by atoms with Gasteiger partial charge in [-0.05, 0) is 67.6 Å². The summed E-state index contributed by atoms with van der Waals surface area (Å²) < 4.78 is 45.5. The highest BCUT2D eigenvalue weighted by Gasteiger charge is 2.55. The van der Waals surface area contributed by atoms with Crippen LogP contribution in [0.2, 0.25) is 0 Å². The molecule has 5 nitrogen and oxygen atoms in total. The van der Waals surface area contributed by atoms with Gasteiger partial charge in [-0.2, -0.15) is 13.2 Å². The van der Waals surface area contributed by atoms with Gasteiger partial charge in [0, 0.05) is 18.2 Å². The van der Waals surface area contributed by atoms with Crippen molar-refractivity contribution in [3.05, 3.63) is 65.0 Å². The van der Waals surface area contributed by atoms with Gasteiger partial charge in [-0.1, -0.05) is 24.3 Å². The highest BCUT2D eigenvalue weighted by atomic mass is 19.4. The Hall–Kier alpha value is -2.94. The highest BCUT2D eigenvalue weighted by Crippen LogP contribution is 2.53. The molecular weight excluding hydrogens is 428 g/mol. The monoisotopic (exact) mass is 452 g/mol. The lowest BCUT2D eigenvalue weighted by Gasteiger charge is -2.25. The molecule has 32 heavy (non-hydrogen) atoms. The van der Waals surface area contributed by atoms with Crippen molar-refractivity contribution in [2.24, 2.45) is 5.73 Å². The quantitative estimate of drug-likeness (QED) is 0.679. The molecule has 1 aliphatic heterocycles. The predicted octanol–water partition coefficient (Wildman–Crippen LogP) is 4.28. The molecule has 1 heterocycles. The van der Waals surface area contributed by atoms with Crippen LogP contribution in [0.3, 0.4) is 0 Å². The van der Waals surface area contributed by atoms with Gasteiger partial charge in [0.2, 0.25) is 5.91 Å². The molecule has 0 spiro atoms. The van der Waals surface area contributed by atoms with Crippen LogP contribution in [0.4, 0.5) is 23.2 Å². The zero-order valence-electron chi connectivity index (χ0n) is 17.5. The molecule has 9 heteroatoms. The molecule has 1 aliphatic carbocycles. The van der Waals surface area contributed by atoms with Gasteiger partial charge in [-0.3, -0.25) is 4.79 Å². The molecule has 0 aromatic heterocycles. The van der Waals surface area contributed by atoms with Gasteiger partial charge >= 0.3 is 12.1 Å². The average Bonchev–Trinajstić information content (AvgIpc) is 3.46. The number of amides is 1. The molecule has 1 atom stereocenters. The largest absolute Gasteiger partial charge is 0.490 e. The standard InChI is InChI=1S/C21H23FN2O.C2HF3O2/c1-14-6-7-16(22)12-18(14)21(9-10-21)20(25)24-13-15(8-11-23)17-4-2-3-5-19(17)24;3-2(4,5)1(6)7/h2-7,12,15H,8-11,13,23H2,1H3;(H,6,7). The Kier molecular flexibility index (Phi) is 6.59. The van der Waals surface area contributed by atoms with E-state index in [4.69, 9.17) is 15.6 Å². The number of fused-ring (bicyclic) bond motifs is 1. The lowest BCUT2D eigenvalue weighted by Crippen LogP contribution is -2.39. The van der Waals surface area contributed by atoms with Crippen molar-refractivity contribution >= 4 is 17.6 Å². The first-order chi connectivity index (χ1) is 15.0. The highest BCUT2D eigenvalue weighted by molar-refractivity contribution is 6.05. The summed E-state index contributed by atoms with van der Waals surface area (Å²) in [5.41, 5.74) is 9.23. The van der Waals surface area contributed by atoms with E-state index in [0.29, 0.717) is 13.1 Å². The van der Waals surface area contributed by atoms with Crippen molar-refractivity contribution in [1.82, 2.24) is 0 Å². The van der Waals surface area contributed by atoms with E-state index in [1.165, 1.54) is 11.6 Å². The Labute approximate surface area is 182 Å². The van der Waals surface area contributed by atoms with Crippen molar-refractivity contribution in [3.8, 4) is 0 Å². The Balaban J connectivity index is 0.000000360. The van der Waals surface area contributed by atoms with E-state index in [1.807, 2.05) is 30.0 Å². The number of carbonyl (C=O) groups is 2. The van der Waals surface area contributed by atoms with Crippen LogP contribution >= 0.6 is 0 Å². The fourth-order valence-corrected chi connectivity index (χ4v) is 4.23. The molecule has 1 amide bonds. The maximum Gasteiger partial charge on any atom is 0.490 e. The van der Waals surface area contributed by atoms with Crippen molar-refractivity contribution in [2.45, 2.75) is 43.7 Å². The van der Waals surface area contributed by atoms with Gasteiger partial charge in [0.1, 0.15) is 5.82 Å². The molecule has 0 bridgehead atoms. The number of anilines is 1. The summed E-state index contributed by atoms with van der Waals surface area (Å²) in [6.07, 6.45) is -2.64. The summed E-state index contributed by atoms with van der Waals surface area (Å²) in [5.74, 6) is -2.64. The number of halogens is 4. The minimum Gasteiger partial charge on any atom is -0.475 e. The van der Waals surface area contributed by atoms with E-state index in [2.05, 4.69) is 6.07 Å². The summed E-state index contributed by atoms with van der Waals surface area (Å²) in [4.78, 5) is 24.3. The van der Waals surface area contributed by atoms with Crippen molar-refractivity contribution in [2.75, 3.05) is 18.0 Å². The van der Waals surface area contributed by atoms with Crippen molar-refractivity contribution in [1.29, 1.82) is 0 Å². The summed E-state index contributed by atoms with van der Waals surface area (Å²) >= 11 is 0. The number of alkyl halides is 3. The second-order valence-corrected chi connectivity index (χ2v) is 8.09. The van der Waals surface area contributed by atoms with Gasteiger partial charge in [-0.25, -0.2) is 9.18 Å². The SMILES string of the molecule is Cc1ccc(F)cc1C1(C(=O)N2CC(CCN)c3ccccc32)CC1.O=C(O)C(F)(F)F. The summed E-state index contributed by atoms with van der Waals surface area (Å²) in [6.45, 7) is 3.23. The fraction of sp³-hybridized carbons (Fsp3) is 0.391. The molecule has 0 saturated heterocycles. The third kappa shape index (κ3) is 4.62.